The molecule has 246 valence electrons. The molecule has 3 fully saturated rings. The maximum Gasteiger partial charge on any atom is 0.410 e. The second-order valence-electron chi connectivity index (χ2n) is 15.1. The summed E-state index contributed by atoms with van der Waals surface area (Å²) < 4.78 is 16.8. The molecule has 1 aromatic carbocycles. The molecule has 2 aromatic heterocycles. The van der Waals surface area contributed by atoms with Gasteiger partial charge in [0, 0.05) is 85.2 Å². The minimum Gasteiger partial charge on any atom is -0.497 e. The number of hydrogen-bond acceptors (Lipinski definition) is 8. The summed E-state index contributed by atoms with van der Waals surface area (Å²) in [5.74, 6) is 0.941. The zero-order valence-corrected chi connectivity index (χ0v) is 28.3. The minimum atomic E-state index is -0.512. The summed E-state index contributed by atoms with van der Waals surface area (Å²) in [4.78, 5) is 41.3. The standard InChI is InChI=1S/C36H47N5O5/c1-34(2,3)45-32(42)40-15-8-13-36(23-40)14-16-39(22-36)31-18-29(38-30-17-26(44-7)10-11-27(30)31)24-9-12-28(37-19-24)25-20-41(21-25)33(43)46-35(4,5)6/h9-12,17-19,25H,8,13-16,20-23H2,1-7H3. The van der Waals surface area contributed by atoms with Crippen LogP contribution in [-0.2, 0) is 9.47 Å². The molecule has 0 radical (unpaired) electrons. The van der Waals surface area contributed by atoms with Gasteiger partial charge in [0.05, 0.1) is 18.3 Å². The number of anilines is 1. The largest absolute Gasteiger partial charge is 0.497 e. The molecule has 2 amide bonds. The fourth-order valence-electron chi connectivity index (χ4n) is 6.83. The Kier molecular flexibility index (Phi) is 8.27. The highest BCUT2D eigenvalue weighted by atomic mass is 16.6. The van der Waals surface area contributed by atoms with Gasteiger partial charge in [0.2, 0.25) is 0 Å². The number of rotatable bonds is 4. The van der Waals surface area contributed by atoms with Crippen molar-refractivity contribution in [2.45, 2.75) is 77.9 Å². The number of aromatic nitrogens is 2. The fraction of sp³-hybridized carbons (Fsp3) is 0.556. The van der Waals surface area contributed by atoms with E-state index in [9.17, 15) is 9.59 Å². The van der Waals surface area contributed by atoms with Crippen molar-refractivity contribution >= 4 is 28.8 Å². The molecular formula is C36H47N5O5. The lowest BCUT2D eigenvalue weighted by Gasteiger charge is -2.40. The van der Waals surface area contributed by atoms with Crippen LogP contribution in [0.2, 0.25) is 0 Å². The third kappa shape index (κ3) is 6.86. The molecule has 0 bridgehead atoms. The first-order chi connectivity index (χ1) is 21.7. The number of pyridine rings is 2. The number of carbonyl (C=O) groups excluding carboxylic acids is 2. The Morgan fingerprint density at radius 2 is 1.59 bits per heavy atom. The molecule has 1 atom stereocenters. The molecule has 10 heteroatoms. The smallest absolute Gasteiger partial charge is 0.410 e. The highest BCUT2D eigenvalue weighted by Gasteiger charge is 2.44. The van der Waals surface area contributed by atoms with Crippen LogP contribution >= 0.6 is 0 Å². The van der Waals surface area contributed by atoms with Gasteiger partial charge < -0.3 is 28.9 Å². The van der Waals surface area contributed by atoms with E-state index in [-0.39, 0.29) is 23.5 Å². The van der Waals surface area contributed by atoms with Crippen LogP contribution in [0.4, 0.5) is 15.3 Å². The summed E-state index contributed by atoms with van der Waals surface area (Å²) in [5.41, 5.74) is 3.73. The number of ether oxygens (including phenoxy) is 3. The number of carbonyl (C=O) groups is 2. The summed E-state index contributed by atoms with van der Waals surface area (Å²) >= 11 is 0. The van der Waals surface area contributed by atoms with E-state index in [1.165, 1.54) is 0 Å². The van der Waals surface area contributed by atoms with E-state index < -0.39 is 11.2 Å². The van der Waals surface area contributed by atoms with E-state index in [0.717, 1.165) is 78.2 Å². The zero-order chi connectivity index (χ0) is 32.9. The number of fused-ring (bicyclic) bond motifs is 1. The number of likely N-dealkylation sites (tertiary alicyclic amines) is 2. The molecule has 1 unspecified atom stereocenters. The van der Waals surface area contributed by atoms with Gasteiger partial charge >= 0.3 is 12.2 Å². The van der Waals surface area contributed by atoms with Crippen molar-refractivity contribution in [3.8, 4) is 17.0 Å². The molecule has 3 saturated heterocycles. The van der Waals surface area contributed by atoms with E-state index in [1.54, 1.807) is 12.0 Å². The molecule has 10 nitrogen and oxygen atoms in total. The van der Waals surface area contributed by atoms with E-state index in [1.807, 2.05) is 70.8 Å². The molecule has 1 spiro atoms. The summed E-state index contributed by atoms with van der Waals surface area (Å²) in [5, 5.41) is 1.07. The van der Waals surface area contributed by atoms with Gasteiger partial charge in [0.15, 0.2) is 0 Å². The Labute approximate surface area is 272 Å². The number of benzene rings is 1. The molecular weight excluding hydrogens is 582 g/mol. The Bertz CT molecular complexity index is 1610. The van der Waals surface area contributed by atoms with Crippen molar-refractivity contribution in [1.29, 1.82) is 0 Å². The molecule has 0 N–H and O–H groups in total. The summed E-state index contributed by atoms with van der Waals surface area (Å²) in [6.07, 6.45) is 4.46. The van der Waals surface area contributed by atoms with Gasteiger partial charge in [-0.1, -0.05) is 0 Å². The lowest BCUT2D eigenvalue weighted by Crippen LogP contribution is -2.50. The third-order valence-electron chi connectivity index (χ3n) is 9.12. The van der Waals surface area contributed by atoms with Crippen LogP contribution in [0.3, 0.4) is 0 Å². The average molecular weight is 630 g/mol. The molecule has 0 aliphatic carbocycles. The van der Waals surface area contributed by atoms with Crippen molar-refractivity contribution in [1.82, 2.24) is 19.8 Å². The minimum absolute atomic E-state index is 0.0244. The van der Waals surface area contributed by atoms with Crippen LogP contribution in [0, 0.1) is 5.41 Å². The molecule has 6 rings (SSSR count). The topological polar surface area (TPSA) is 97.3 Å². The Morgan fingerprint density at radius 3 is 2.24 bits per heavy atom. The van der Waals surface area contributed by atoms with Crippen LogP contribution in [0.15, 0.2) is 42.6 Å². The number of hydrogen-bond donors (Lipinski definition) is 0. The SMILES string of the molecule is COc1ccc2c(N3CCC4(CCCN(C(=O)OC(C)(C)C)C4)C3)cc(-c3ccc(C4CN(C(=O)OC(C)(C)C)C4)nc3)nc2c1. The van der Waals surface area contributed by atoms with E-state index in [2.05, 4.69) is 23.1 Å². The summed E-state index contributed by atoms with van der Waals surface area (Å²) in [6.45, 7) is 15.8. The maximum absolute atomic E-state index is 13.0. The molecule has 3 aromatic rings. The molecule has 3 aliphatic rings. The first kappa shape index (κ1) is 31.9. The van der Waals surface area contributed by atoms with Crippen LogP contribution < -0.4 is 9.64 Å². The zero-order valence-electron chi connectivity index (χ0n) is 28.3. The van der Waals surface area contributed by atoms with Gasteiger partial charge in [-0.2, -0.15) is 0 Å². The van der Waals surface area contributed by atoms with Gasteiger partial charge in [0.1, 0.15) is 17.0 Å². The summed E-state index contributed by atoms with van der Waals surface area (Å²) in [6, 6.07) is 12.4. The summed E-state index contributed by atoms with van der Waals surface area (Å²) in [7, 11) is 1.67. The van der Waals surface area contributed by atoms with E-state index in [4.69, 9.17) is 24.2 Å². The number of methoxy groups -OCH3 is 1. The lowest BCUT2D eigenvalue weighted by molar-refractivity contribution is 0.00660. The Balaban J connectivity index is 1.22. The van der Waals surface area contributed by atoms with Crippen LogP contribution in [0.5, 0.6) is 5.75 Å². The third-order valence-corrected chi connectivity index (χ3v) is 9.12. The van der Waals surface area contributed by atoms with E-state index in [0.29, 0.717) is 19.6 Å². The van der Waals surface area contributed by atoms with Crippen molar-refractivity contribution < 1.29 is 23.8 Å². The first-order valence-electron chi connectivity index (χ1n) is 16.4. The van der Waals surface area contributed by atoms with Crippen LogP contribution in [0.25, 0.3) is 22.2 Å². The van der Waals surface area contributed by atoms with Gasteiger partial charge in [-0.05, 0) is 91.1 Å². The molecule has 5 heterocycles. The highest BCUT2D eigenvalue weighted by Crippen LogP contribution is 2.43. The monoisotopic (exact) mass is 629 g/mol. The van der Waals surface area contributed by atoms with Crippen molar-refractivity contribution in [3.05, 3.63) is 48.3 Å². The Hall–Kier alpha value is -4.08. The molecule has 0 saturated carbocycles. The van der Waals surface area contributed by atoms with Crippen LogP contribution in [-0.4, -0.2) is 89.5 Å². The number of amides is 2. The predicted molar refractivity (Wildman–Crippen MR) is 178 cm³/mol. The van der Waals surface area contributed by atoms with Crippen molar-refractivity contribution in [3.63, 3.8) is 0 Å². The predicted octanol–water partition coefficient (Wildman–Crippen LogP) is 6.87. The van der Waals surface area contributed by atoms with E-state index >= 15 is 0 Å². The molecule has 46 heavy (non-hydrogen) atoms. The van der Waals surface area contributed by atoms with Gasteiger partial charge in [-0.15, -0.1) is 0 Å². The normalized spacial score (nSPS) is 20.6. The van der Waals surface area contributed by atoms with Gasteiger partial charge in [0.25, 0.3) is 0 Å². The fourth-order valence-corrected chi connectivity index (χ4v) is 6.83. The quantitative estimate of drug-likeness (QED) is 0.309. The second kappa shape index (κ2) is 11.9. The lowest BCUT2D eigenvalue weighted by atomic mass is 9.79. The van der Waals surface area contributed by atoms with Crippen molar-refractivity contribution in [2.24, 2.45) is 5.41 Å². The van der Waals surface area contributed by atoms with Gasteiger partial charge in [-0.25, -0.2) is 14.6 Å². The average Bonchev–Trinajstić information content (AvgIpc) is 3.36. The maximum atomic E-state index is 13.0. The highest BCUT2D eigenvalue weighted by molar-refractivity contribution is 5.95. The molecule has 3 aliphatic heterocycles. The number of nitrogens with zero attached hydrogens (tertiary/aromatic N) is 5. The van der Waals surface area contributed by atoms with Crippen molar-refractivity contribution in [2.75, 3.05) is 51.3 Å². The first-order valence-corrected chi connectivity index (χ1v) is 16.4. The Morgan fingerprint density at radius 1 is 0.870 bits per heavy atom. The van der Waals surface area contributed by atoms with Gasteiger partial charge in [-0.3, -0.25) is 4.98 Å². The van der Waals surface area contributed by atoms with Crippen LogP contribution in [0.1, 0.15) is 72.4 Å². The number of piperidine rings is 1. The second-order valence-corrected chi connectivity index (χ2v) is 15.1.